The summed E-state index contributed by atoms with van der Waals surface area (Å²) in [4.78, 5) is 20.0. The van der Waals surface area contributed by atoms with E-state index < -0.39 is 0 Å². The fraction of sp³-hybridized carbons (Fsp3) is 0. The largest absolute Gasteiger partial charge is 0.306 e. The van der Waals surface area contributed by atoms with Crippen molar-refractivity contribution in [2.75, 3.05) is 9.80 Å². The predicted octanol–water partition coefficient (Wildman–Crippen LogP) is 13.4. The number of anilines is 6. The van der Waals surface area contributed by atoms with Gasteiger partial charge in [0.15, 0.2) is 17.5 Å². The minimum Gasteiger partial charge on any atom is -0.306 e. The van der Waals surface area contributed by atoms with Crippen LogP contribution >= 0.6 is 0 Å². The van der Waals surface area contributed by atoms with Crippen molar-refractivity contribution in [2.24, 2.45) is 0 Å². The summed E-state index contributed by atoms with van der Waals surface area (Å²) in [6.45, 7) is 0. The first-order valence-corrected chi connectivity index (χ1v) is 18.9. The number of nitrogens with zero attached hydrogens (tertiary/aromatic N) is 5. The molecule has 0 fully saturated rings. The molecule has 56 heavy (non-hydrogen) atoms. The van der Waals surface area contributed by atoms with Crippen molar-refractivity contribution in [1.29, 1.82) is 0 Å². The SMILES string of the molecule is c1ccc(-c2ccc(N3c4ccccc4N4c5ccc(-c6nc(-c7ccccc7)nc(-c7ccccc7)n6)cc5-c5ccccc5-c5cccc3c54)cc2)cc1. The van der Waals surface area contributed by atoms with Crippen LogP contribution in [0.15, 0.2) is 200 Å². The second-order valence-electron chi connectivity index (χ2n) is 14.1. The molecule has 262 valence electrons. The van der Waals surface area contributed by atoms with Crippen LogP contribution in [0.4, 0.5) is 34.1 Å². The second-order valence-corrected chi connectivity index (χ2v) is 14.1. The van der Waals surface area contributed by atoms with Crippen molar-refractivity contribution < 1.29 is 0 Å². The van der Waals surface area contributed by atoms with Gasteiger partial charge < -0.3 is 9.80 Å². The maximum atomic E-state index is 5.09. The summed E-state index contributed by atoms with van der Waals surface area (Å²) in [7, 11) is 0. The van der Waals surface area contributed by atoms with Crippen LogP contribution in [-0.2, 0) is 0 Å². The highest BCUT2D eigenvalue weighted by molar-refractivity contribution is 6.12. The van der Waals surface area contributed by atoms with Crippen LogP contribution in [0.25, 0.3) is 67.5 Å². The monoisotopic (exact) mass is 715 g/mol. The van der Waals surface area contributed by atoms with Crippen LogP contribution < -0.4 is 9.80 Å². The van der Waals surface area contributed by atoms with E-state index in [1.54, 1.807) is 0 Å². The van der Waals surface area contributed by atoms with Gasteiger partial charge in [-0.25, -0.2) is 15.0 Å². The van der Waals surface area contributed by atoms with Gasteiger partial charge in [-0.1, -0.05) is 152 Å². The molecule has 0 atom stereocenters. The van der Waals surface area contributed by atoms with E-state index in [9.17, 15) is 0 Å². The van der Waals surface area contributed by atoms with Crippen molar-refractivity contribution in [3.8, 4) is 67.5 Å². The van der Waals surface area contributed by atoms with E-state index in [2.05, 4.69) is 149 Å². The van der Waals surface area contributed by atoms with Crippen LogP contribution in [-0.4, -0.2) is 15.0 Å². The molecule has 0 saturated heterocycles. The van der Waals surface area contributed by atoms with E-state index >= 15 is 0 Å². The highest BCUT2D eigenvalue weighted by Gasteiger charge is 2.36. The Morgan fingerprint density at radius 3 is 1.34 bits per heavy atom. The highest BCUT2D eigenvalue weighted by atomic mass is 15.3. The third kappa shape index (κ3) is 5.21. The van der Waals surface area contributed by atoms with E-state index in [0.29, 0.717) is 17.5 Å². The van der Waals surface area contributed by atoms with Gasteiger partial charge in [0.05, 0.1) is 28.4 Å². The lowest BCUT2D eigenvalue weighted by Crippen LogP contribution is -2.24. The van der Waals surface area contributed by atoms with Gasteiger partial charge in [-0.05, 0) is 70.8 Å². The summed E-state index contributed by atoms with van der Waals surface area (Å²) in [5, 5.41) is 0. The van der Waals surface area contributed by atoms with E-state index in [4.69, 9.17) is 15.0 Å². The smallest absolute Gasteiger partial charge is 0.164 e. The van der Waals surface area contributed by atoms with Crippen LogP contribution in [0, 0.1) is 0 Å². The molecule has 0 spiro atoms. The van der Waals surface area contributed by atoms with Gasteiger partial charge in [-0.2, -0.15) is 0 Å². The molecule has 1 aromatic heterocycles. The fourth-order valence-electron chi connectivity index (χ4n) is 8.19. The van der Waals surface area contributed by atoms with Crippen molar-refractivity contribution in [2.45, 2.75) is 0 Å². The van der Waals surface area contributed by atoms with Gasteiger partial charge in [0.2, 0.25) is 0 Å². The van der Waals surface area contributed by atoms with E-state index in [1.807, 2.05) is 60.7 Å². The first-order valence-electron chi connectivity index (χ1n) is 18.9. The molecule has 0 amide bonds. The van der Waals surface area contributed by atoms with Crippen molar-refractivity contribution in [3.05, 3.63) is 200 Å². The molecule has 0 saturated carbocycles. The molecule has 0 unspecified atom stereocenters. The quantitative estimate of drug-likeness (QED) is 0.177. The molecular formula is C51H33N5. The Kier molecular flexibility index (Phi) is 7.42. The first kappa shape index (κ1) is 31.9. The van der Waals surface area contributed by atoms with Crippen molar-refractivity contribution in [3.63, 3.8) is 0 Å². The molecule has 9 aromatic rings. The third-order valence-electron chi connectivity index (χ3n) is 10.8. The van der Waals surface area contributed by atoms with Gasteiger partial charge in [0, 0.05) is 33.5 Å². The van der Waals surface area contributed by atoms with E-state index in [-0.39, 0.29) is 0 Å². The van der Waals surface area contributed by atoms with Gasteiger partial charge in [0.25, 0.3) is 0 Å². The lowest BCUT2D eigenvalue weighted by Gasteiger charge is -2.41. The molecule has 0 N–H and O–H groups in total. The zero-order valence-corrected chi connectivity index (χ0v) is 30.3. The lowest BCUT2D eigenvalue weighted by molar-refractivity contribution is 1.07. The summed E-state index contributed by atoms with van der Waals surface area (Å²) < 4.78 is 0. The Bertz CT molecular complexity index is 2850. The Morgan fingerprint density at radius 1 is 0.268 bits per heavy atom. The van der Waals surface area contributed by atoms with Crippen LogP contribution in [0.3, 0.4) is 0 Å². The molecule has 0 radical (unpaired) electrons. The van der Waals surface area contributed by atoms with Gasteiger partial charge in [-0.3, -0.25) is 0 Å². The summed E-state index contributed by atoms with van der Waals surface area (Å²) in [5.41, 5.74) is 16.5. The first-order chi connectivity index (χ1) is 27.8. The number of rotatable bonds is 5. The zero-order chi connectivity index (χ0) is 37.0. The van der Waals surface area contributed by atoms with E-state index in [0.717, 1.165) is 61.9 Å². The molecule has 2 aliphatic rings. The molecule has 5 nitrogen and oxygen atoms in total. The number of aromatic nitrogens is 3. The Labute approximate surface area is 325 Å². The number of para-hydroxylation sites is 3. The summed E-state index contributed by atoms with van der Waals surface area (Å²) >= 11 is 0. The molecule has 3 heterocycles. The molecule has 8 aromatic carbocycles. The van der Waals surface area contributed by atoms with Gasteiger partial charge in [0.1, 0.15) is 0 Å². The van der Waals surface area contributed by atoms with Crippen LogP contribution in [0.2, 0.25) is 0 Å². The average Bonchev–Trinajstić information content (AvgIpc) is 3.41. The minimum atomic E-state index is 0.629. The number of hydrogen-bond acceptors (Lipinski definition) is 5. The highest BCUT2D eigenvalue weighted by Crippen LogP contribution is 2.61. The number of hydrogen-bond donors (Lipinski definition) is 0. The Morgan fingerprint density at radius 2 is 0.714 bits per heavy atom. The van der Waals surface area contributed by atoms with Gasteiger partial charge in [-0.15, -0.1) is 0 Å². The standard InChI is InChI=1S/C51H33N5/c1-4-15-34(16-5-1)35-27-30-39(31-28-35)55-45-24-12-13-25-46(45)56-44-32-29-38(33-43(44)41-22-11-10-21-40(41)42-23-14-26-47(55)48(42)56)51-53-49(36-17-6-2-7-18-36)52-50(54-51)37-19-8-3-9-20-37/h1-33H. The summed E-state index contributed by atoms with van der Waals surface area (Å²) in [6, 6.07) is 70.6. The zero-order valence-electron chi connectivity index (χ0n) is 30.3. The fourth-order valence-corrected chi connectivity index (χ4v) is 8.19. The number of fused-ring (bicyclic) bond motifs is 7. The van der Waals surface area contributed by atoms with Crippen LogP contribution in [0.5, 0.6) is 0 Å². The molecule has 11 rings (SSSR count). The normalized spacial score (nSPS) is 12.2. The topological polar surface area (TPSA) is 45.2 Å². The molecular weight excluding hydrogens is 683 g/mol. The maximum Gasteiger partial charge on any atom is 0.164 e. The second kappa shape index (κ2) is 13.0. The number of benzene rings is 8. The maximum absolute atomic E-state index is 5.09. The minimum absolute atomic E-state index is 0.629. The predicted molar refractivity (Wildman–Crippen MR) is 229 cm³/mol. The van der Waals surface area contributed by atoms with Crippen molar-refractivity contribution >= 4 is 34.1 Å². The lowest BCUT2D eigenvalue weighted by atomic mass is 9.93. The summed E-state index contributed by atoms with van der Waals surface area (Å²) in [6.07, 6.45) is 0. The Hall–Kier alpha value is -7.63. The molecule has 0 aliphatic carbocycles. The average molecular weight is 716 g/mol. The van der Waals surface area contributed by atoms with Crippen molar-refractivity contribution in [1.82, 2.24) is 15.0 Å². The van der Waals surface area contributed by atoms with E-state index in [1.165, 1.54) is 22.3 Å². The summed E-state index contributed by atoms with van der Waals surface area (Å²) in [5.74, 6) is 1.91. The van der Waals surface area contributed by atoms with Gasteiger partial charge >= 0.3 is 0 Å². The third-order valence-corrected chi connectivity index (χ3v) is 10.8. The molecule has 0 bridgehead atoms. The molecule has 2 aliphatic heterocycles. The Balaban J connectivity index is 1.11. The molecule has 5 heteroatoms. The van der Waals surface area contributed by atoms with Crippen LogP contribution in [0.1, 0.15) is 0 Å².